The van der Waals surface area contributed by atoms with Gasteiger partial charge < -0.3 is 10.2 Å². The maximum atomic E-state index is 6.00. The van der Waals surface area contributed by atoms with E-state index in [0.29, 0.717) is 17.1 Å². The van der Waals surface area contributed by atoms with Crippen molar-refractivity contribution >= 4 is 5.69 Å². The number of anilines is 1. The molecule has 0 aliphatic rings. The maximum Gasteiger partial charge on any atom is 0.156 e. The van der Waals surface area contributed by atoms with Gasteiger partial charge in [-0.2, -0.15) is 5.10 Å². The first kappa shape index (κ1) is 11.6. The fraction of sp³-hybridized carbons (Fsp3) is 0.133. The normalized spacial score (nSPS) is 10.8. The summed E-state index contributed by atoms with van der Waals surface area (Å²) in [5.74, 6) is 0.681. The number of nitrogens with two attached hydrogens (primary N) is 1. The zero-order valence-corrected chi connectivity index (χ0v) is 10.9. The number of hydrogen-bond donors (Lipinski definition) is 1. The molecule has 0 unspecified atom stereocenters. The molecule has 0 radical (unpaired) electrons. The van der Waals surface area contributed by atoms with Gasteiger partial charge in [0.15, 0.2) is 11.5 Å². The highest BCUT2D eigenvalue weighted by molar-refractivity contribution is 5.68. The van der Waals surface area contributed by atoms with Gasteiger partial charge in [0.05, 0.1) is 23.8 Å². The van der Waals surface area contributed by atoms with Crippen molar-refractivity contribution in [1.29, 1.82) is 0 Å². The van der Waals surface area contributed by atoms with E-state index >= 15 is 0 Å². The van der Waals surface area contributed by atoms with E-state index in [0.717, 1.165) is 5.69 Å². The van der Waals surface area contributed by atoms with Gasteiger partial charge >= 0.3 is 0 Å². The number of nitrogens with zero attached hydrogens (tertiary/aromatic N) is 2. The van der Waals surface area contributed by atoms with Crippen LogP contribution in [0.4, 0.5) is 5.69 Å². The molecular formula is C15H15N3O. The van der Waals surface area contributed by atoms with Crippen molar-refractivity contribution in [2.24, 2.45) is 0 Å². The van der Waals surface area contributed by atoms with E-state index < -0.39 is 0 Å². The fourth-order valence-electron chi connectivity index (χ4n) is 2.21. The second-order valence-corrected chi connectivity index (χ2v) is 4.70. The largest absolute Gasteiger partial charge is 0.463 e. The van der Waals surface area contributed by atoms with Crippen molar-refractivity contribution in [2.45, 2.75) is 13.8 Å². The zero-order chi connectivity index (χ0) is 13.4. The Labute approximate surface area is 111 Å². The quantitative estimate of drug-likeness (QED) is 0.762. The second-order valence-electron chi connectivity index (χ2n) is 4.70. The lowest BCUT2D eigenvalue weighted by molar-refractivity contribution is 0.579. The fourth-order valence-corrected chi connectivity index (χ4v) is 2.21. The third kappa shape index (κ3) is 2.12. The van der Waals surface area contributed by atoms with Crippen LogP contribution in [0.3, 0.4) is 0 Å². The Bertz CT molecular complexity index is 691. The molecular weight excluding hydrogens is 238 g/mol. The van der Waals surface area contributed by atoms with Crippen LogP contribution < -0.4 is 5.73 Å². The van der Waals surface area contributed by atoms with Gasteiger partial charge in [0.25, 0.3) is 0 Å². The van der Waals surface area contributed by atoms with Gasteiger partial charge in [-0.25, -0.2) is 4.68 Å². The molecule has 0 aliphatic heterocycles. The molecule has 19 heavy (non-hydrogen) atoms. The number of rotatable bonds is 2. The Morgan fingerprint density at radius 2 is 1.89 bits per heavy atom. The highest BCUT2D eigenvalue weighted by Gasteiger charge is 2.12. The third-order valence-electron chi connectivity index (χ3n) is 2.97. The summed E-state index contributed by atoms with van der Waals surface area (Å²) >= 11 is 0. The molecule has 1 aromatic carbocycles. The van der Waals surface area contributed by atoms with Crippen LogP contribution in [0.5, 0.6) is 0 Å². The molecule has 4 heteroatoms. The molecule has 0 saturated heterocycles. The number of benzene rings is 1. The first-order valence-electron chi connectivity index (χ1n) is 6.11. The number of aromatic nitrogens is 2. The molecule has 3 rings (SSSR count). The Hall–Kier alpha value is -2.49. The zero-order valence-electron chi connectivity index (χ0n) is 10.9. The van der Waals surface area contributed by atoms with E-state index in [1.165, 1.54) is 11.1 Å². The van der Waals surface area contributed by atoms with Crippen LogP contribution in [-0.2, 0) is 0 Å². The first-order valence-corrected chi connectivity index (χ1v) is 6.11. The molecule has 2 N–H and O–H groups in total. The molecule has 0 amide bonds. The summed E-state index contributed by atoms with van der Waals surface area (Å²) in [6, 6.07) is 9.95. The van der Waals surface area contributed by atoms with Crippen LogP contribution in [0.25, 0.3) is 17.1 Å². The van der Waals surface area contributed by atoms with Crippen LogP contribution in [-0.4, -0.2) is 9.78 Å². The summed E-state index contributed by atoms with van der Waals surface area (Å²) in [5.41, 5.74) is 10.7. The monoisotopic (exact) mass is 253 g/mol. The number of hydrogen-bond acceptors (Lipinski definition) is 3. The van der Waals surface area contributed by atoms with Crippen molar-refractivity contribution in [3.63, 3.8) is 0 Å². The maximum absolute atomic E-state index is 6.00. The molecule has 4 nitrogen and oxygen atoms in total. The number of aryl methyl sites for hydroxylation is 2. The van der Waals surface area contributed by atoms with Gasteiger partial charge in [-0.15, -0.1) is 0 Å². The molecule has 0 fully saturated rings. The van der Waals surface area contributed by atoms with E-state index in [1.807, 2.05) is 18.3 Å². The third-order valence-corrected chi connectivity index (χ3v) is 2.97. The van der Waals surface area contributed by atoms with E-state index in [1.54, 1.807) is 10.9 Å². The molecule has 0 atom stereocenters. The average Bonchev–Trinajstić information content (AvgIpc) is 2.96. The van der Waals surface area contributed by atoms with E-state index in [9.17, 15) is 0 Å². The minimum atomic E-state index is 0.606. The van der Waals surface area contributed by atoms with Crippen molar-refractivity contribution in [3.05, 3.63) is 53.9 Å². The average molecular weight is 253 g/mol. The standard InChI is InChI=1S/C15H15N3O/c1-10-6-11(2)8-12(7-10)18-9-13(16)15(17-18)14-4-3-5-19-14/h3-9H,16H2,1-2H3. The van der Waals surface area contributed by atoms with Gasteiger partial charge in [0.2, 0.25) is 0 Å². The Morgan fingerprint density at radius 1 is 1.16 bits per heavy atom. The molecule has 2 heterocycles. The molecule has 2 aromatic heterocycles. The van der Waals surface area contributed by atoms with Crippen LogP contribution >= 0.6 is 0 Å². The minimum absolute atomic E-state index is 0.606. The first-order chi connectivity index (χ1) is 9.13. The van der Waals surface area contributed by atoms with Crippen LogP contribution in [0.2, 0.25) is 0 Å². The predicted octanol–water partition coefficient (Wildman–Crippen LogP) is 3.33. The summed E-state index contributed by atoms with van der Waals surface area (Å²) in [7, 11) is 0. The molecule has 0 spiro atoms. The summed E-state index contributed by atoms with van der Waals surface area (Å²) in [6.45, 7) is 4.13. The molecule has 3 aromatic rings. The summed E-state index contributed by atoms with van der Waals surface area (Å²) in [5, 5.41) is 4.50. The van der Waals surface area contributed by atoms with Gasteiger partial charge in [-0.05, 0) is 49.2 Å². The van der Waals surface area contributed by atoms with E-state index in [-0.39, 0.29) is 0 Å². The van der Waals surface area contributed by atoms with Gasteiger partial charge in [0, 0.05) is 0 Å². The van der Waals surface area contributed by atoms with Gasteiger partial charge in [0.1, 0.15) is 0 Å². The van der Waals surface area contributed by atoms with Gasteiger partial charge in [-0.1, -0.05) is 6.07 Å². The lowest BCUT2D eigenvalue weighted by Gasteiger charge is -2.04. The van der Waals surface area contributed by atoms with Crippen molar-refractivity contribution in [2.75, 3.05) is 5.73 Å². The minimum Gasteiger partial charge on any atom is -0.463 e. The Balaban J connectivity index is 2.09. The second kappa shape index (κ2) is 4.31. The lowest BCUT2D eigenvalue weighted by Crippen LogP contribution is -1.96. The Kier molecular flexibility index (Phi) is 2.63. The number of nitrogen functional groups attached to an aromatic ring is 1. The van der Waals surface area contributed by atoms with Crippen molar-refractivity contribution in [3.8, 4) is 17.1 Å². The van der Waals surface area contributed by atoms with E-state index in [2.05, 4.69) is 37.1 Å². The SMILES string of the molecule is Cc1cc(C)cc(-n2cc(N)c(-c3ccco3)n2)c1. The smallest absolute Gasteiger partial charge is 0.156 e. The summed E-state index contributed by atoms with van der Waals surface area (Å²) in [4.78, 5) is 0. The van der Waals surface area contributed by atoms with Gasteiger partial charge in [-0.3, -0.25) is 0 Å². The molecule has 0 saturated carbocycles. The predicted molar refractivity (Wildman–Crippen MR) is 75.2 cm³/mol. The summed E-state index contributed by atoms with van der Waals surface area (Å²) in [6.07, 6.45) is 3.43. The van der Waals surface area contributed by atoms with Crippen LogP contribution in [0.15, 0.2) is 47.2 Å². The highest BCUT2D eigenvalue weighted by Crippen LogP contribution is 2.26. The molecule has 0 bridgehead atoms. The molecule has 0 aliphatic carbocycles. The van der Waals surface area contributed by atoms with Crippen LogP contribution in [0, 0.1) is 13.8 Å². The Morgan fingerprint density at radius 3 is 2.53 bits per heavy atom. The summed E-state index contributed by atoms with van der Waals surface area (Å²) < 4.78 is 7.13. The van der Waals surface area contributed by atoms with E-state index in [4.69, 9.17) is 10.2 Å². The van der Waals surface area contributed by atoms with Crippen molar-refractivity contribution < 1.29 is 4.42 Å². The molecule has 96 valence electrons. The highest BCUT2D eigenvalue weighted by atomic mass is 16.3. The van der Waals surface area contributed by atoms with Crippen molar-refractivity contribution in [1.82, 2.24) is 9.78 Å². The van der Waals surface area contributed by atoms with Crippen LogP contribution in [0.1, 0.15) is 11.1 Å². The lowest BCUT2D eigenvalue weighted by atomic mass is 10.1. The topological polar surface area (TPSA) is 57.0 Å². The number of furan rings is 1.